The Morgan fingerprint density at radius 1 is 0.320 bits per heavy atom. The summed E-state index contributed by atoms with van der Waals surface area (Å²) in [5.41, 5.74) is 15.1. The lowest BCUT2D eigenvalue weighted by Gasteiger charge is -2.12. The molecule has 6 aromatic rings. The van der Waals surface area contributed by atoms with Gasteiger partial charge in [0.2, 0.25) is 11.8 Å². The lowest BCUT2D eigenvalue weighted by Crippen LogP contribution is -2.18. The van der Waals surface area contributed by atoms with Gasteiger partial charge in [-0.3, -0.25) is 9.59 Å². The predicted molar refractivity (Wildman–Crippen MR) is 441 cm³/mol. The standard InChI is InChI=1S/4C10H17NO.4C10H17NS.2C2H6/c2*1-6(2)9-10(7(3)4)12-8(5)11-9;2*1-6(2)8-5-9(12)11-10(8)7(3)4;2*1-6(2)9-10(7(3)4)12-8(5)11-9;1-6(2)9-8(5)12-11-10(9)7(3)4;1-6(2)9-8(5)11-12-10(9)7(3)4;2*1-2/h2*6-7H,1-5H3;2*6-7H,5H2,1-4H3,(H,11,12);4*6-7H,1-5H3;2*1-2H3. The maximum absolute atomic E-state index is 11.1. The Kier molecular flexibility index (Phi) is 46.4. The number of carbonyl (C=O) groups excluding carboxylic acids is 2. The number of allylic oxidation sites excluding steroid dienone is 2. The third kappa shape index (κ3) is 32.2. The predicted octanol–water partition coefficient (Wildman–Crippen LogP) is 27.5. The minimum Gasteiger partial charge on any atom is -0.445 e. The first-order valence-electron chi connectivity index (χ1n) is 38.1. The lowest BCUT2D eigenvalue weighted by atomic mass is 9.96. The van der Waals surface area contributed by atoms with Crippen molar-refractivity contribution >= 4 is 57.6 Å². The molecule has 12 nitrogen and oxygen atoms in total. The average molecular weight is 1460 g/mol. The number of aromatic nitrogens is 6. The third-order valence-corrected chi connectivity index (χ3v) is 20.6. The fourth-order valence-electron chi connectivity index (χ4n) is 11.3. The summed E-state index contributed by atoms with van der Waals surface area (Å²) in [6, 6.07) is 0. The Morgan fingerprint density at radius 3 is 0.830 bits per heavy atom. The number of hydrogen-bond acceptors (Lipinski definition) is 14. The number of amides is 2. The molecule has 0 fully saturated rings. The molecule has 0 radical (unpaired) electrons. The molecule has 0 atom stereocenters. The Labute approximate surface area is 630 Å². The van der Waals surface area contributed by atoms with Crippen LogP contribution in [0.3, 0.4) is 0 Å². The van der Waals surface area contributed by atoms with E-state index in [1.165, 1.54) is 74.6 Å². The van der Waals surface area contributed by atoms with Crippen LogP contribution in [0.1, 0.15) is 431 Å². The highest BCUT2D eigenvalue weighted by Gasteiger charge is 2.27. The van der Waals surface area contributed by atoms with Crippen molar-refractivity contribution < 1.29 is 18.4 Å². The first kappa shape index (κ1) is 97.4. The maximum atomic E-state index is 11.1. The van der Waals surface area contributed by atoms with E-state index in [9.17, 15) is 9.59 Å². The topological polar surface area (TPSA) is 162 Å². The van der Waals surface area contributed by atoms with Crippen LogP contribution in [0.4, 0.5) is 0 Å². The van der Waals surface area contributed by atoms with Gasteiger partial charge in [0, 0.05) is 56.6 Å². The number of oxazole rings is 2. The van der Waals surface area contributed by atoms with Crippen molar-refractivity contribution in [1.29, 1.82) is 0 Å². The van der Waals surface area contributed by atoms with Crippen molar-refractivity contribution in [3.63, 3.8) is 0 Å². The van der Waals surface area contributed by atoms with E-state index >= 15 is 0 Å². The van der Waals surface area contributed by atoms with Crippen LogP contribution in [-0.4, -0.2) is 40.5 Å². The number of carbonyl (C=O) groups is 2. The largest absolute Gasteiger partial charge is 0.445 e. The minimum absolute atomic E-state index is 0.155. The number of thiazole rings is 2. The summed E-state index contributed by atoms with van der Waals surface area (Å²) >= 11 is 6.98. The summed E-state index contributed by atoms with van der Waals surface area (Å²) in [5, 5.41) is 8.24. The lowest BCUT2D eigenvalue weighted by molar-refractivity contribution is -0.119. The Balaban J connectivity index is 0. The second-order valence-electron chi connectivity index (χ2n) is 30.8. The van der Waals surface area contributed by atoms with Crippen LogP contribution in [0, 0.1) is 65.2 Å². The van der Waals surface area contributed by atoms with Gasteiger partial charge in [-0.1, -0.05) is 249 Å². The number of aryl methyl sites for hydroxylation is 6. The molecule has 0 saturated carbocycles. The van der Waals surface area contributed by atoms with Crippen LogP contribution in [0.5, 0.6) is 0 Å². The molecule has 0 bridgehead atoms. The number of rotatable bonds is 16. The quantitative estimate of drug-likeness (QED) is 0.0954. The molecule has 0 saturated heterocycles. The Morgan fingerprint density at radius 2 is 0.630 bits per heavy atom. The minimum atomic E-state index is 0.155. The smallest absolute Gasteiger partial charge is 0.228 e. The molecule has 8 rings (SSSR count). The molecule has 2 N–H and O–H groups in total. The van der Waals surface area contributed by atoms with Crippen molar-refractivity contribution in [3.8, 4) is 0 Å². The van der Waals surface area contributed by atoms with Crippen molar-refractivity contribution in [2.45, 2.75) is 375 Å². The third-order valence-electron chi connectivity index (χ3n) is 16.0. The molecule has 0 aromatic carbocycles. The number of nitrogens with one attached hydrogen (secondary N) is 2. The fraction of sp³-hybridized carbons (Fsp3) is 0.714. The van der Waals surface area contributed by atoms with Gasteiger partial charge < -0.3 is 19.5 Å². The zero-order valence-electron chi connectivity index (χ0n) is 71.6. The molecule has 0 spiro atoms. The van der Waals surface area contributed by atoms with Crippen molar-refractivity contribution in [1.82, 2.24) is 39.3 Å². The monoisotopic (exact) mass is 1460 g/mol. The van der Waals surface area contributed by atoms with Gasteiger partial charge in [0.05, 0.1) is 57.0 Å². The van der Waals surface area contributed by atoms with Crippen LogP contribution in [-0.2, 0) is 9.59 Å². The highest BCUT2D eigenvalue weighted by atomic mass is 32.1. The van der Waals surface area contributed by atoms with Crippen LogP contribution in [0.2, 0.25) is 0 Å². The van der Waals surface area contributed by atoms with Crippen molar-refractivity contribution in [2.24, 2.45) is 23.7 Å². The van der Waals surface area contributed by atoms with E-state index in [-0.39, 0.29) is 11.8 Å². The van der Waals surface area contributed by atoms with Gasteiger partial charge in [0.25, 0.3) is 0 Å². The van der Waals surface area contributed by atoms with Gasteiger partial charge in [-0.2, -0.15) is 8.75 Å². The van der Waals surface area contributed by atoms with E-state index in [1.807, 2.05) is 64.2 Å². The molecule has 0 aliphatic carbocycles. The molecule has 2 aliphatic heterocycles. The average Bonchev–Trinajstić information content (AvgIpc) is 1.78. The Bertz CT molecular complexity index is 2840. The van der Waals surface area contributed by atoms with Crippen molar-refractivity contribution in [2.75, 3.05) is 0 Å². The molecule has 0 unspecified atom stereocenters. The van der Waals surface area contributed by atoms with E-state index in [0.29, 0.717) is 108 Å². The zero-order chi connectivity index (χ0) is 78.4. The summed E-state index contributed by atoms with van der Waals surface area (Å²) in [6.07, 6.45) is 1.20. The first-order chi connectivity index (χ1) is 46.2. The Hall–Kier alpha value is -4.64. The summed E-state index contributed by atoms with van der Waals surface area (Å²) in [4.78, 5) is 45.8. The zero-order valence-corrected chi connectivity index (χ0v) is 74.9. The second kappa shape index (κ2) is 47.7. The first-order valence-corrected chi connectivity index (χ1v) is 41.2. The molecule has 572 valence electrons. The van der Waals surface area contributed by atoms with E-state index < -0.39 is 0 Å². The van der Waals surface area contributed by atoms with E-state index in [1.54, 1.807) is 23.1 Å². The highest BCUT2D eigenvalue weighted by Crippen LogP contribution is 2.36. The summed E-state index contributed by atoms with van der Waals surface area (Å²) in [5.74, 6) is 12.4. The molecule has 16 heteroatoms. The van der Waals surface area contributed by atoms with E-state index in [0.717, 1.165) is 46.1 Å². The molecular formula is C84H148N8O4S4. The van der Waals surface area contributed by atoms with Gasteiger partial charge in [0.15, 0.2) is 11.8 Å². The summed E-state index contributed by atoms with van der Waals surface area (Å²) < 4.78 is 19.9. The van der Waals surface area contributed by atoms with Crippen molar-refractivity contribution in [3.05, 3.63) is 121 Å². The SMILES string of the molecule is CC.CC.CC(C)C1=C(C(C)C)NC(=O)C1.CC(C)C1=C(C(C)C)NC(=O)C1.Cc1nc(C(C)C)c(C(C)C)o1.Cc1nc(C(C)C)c(C(C)C)o1.Cc1nc(C(C)C)c(C(C)C)s1.Cc1nc(C(C)C)c(C(C)C)s1.Cc1nsc(C(C)C)c1C(C)C.Cc1snc(C(C)C)c1C(C)C. The molecule has 2 aliphatic rings. The second-order valence-corrected chi connectivity index (χ2v) is 35.1. The van der Waals surface area contributed by atoms with Crippen LogP contribution < -0.4 is 10.6 Å². The molecular weight excluding hydrogens is 1310 g/mol. The molecule has 6 aromatic heterocycles. The van der Waals surface area contributed by atoms with Crippen LogP contribution in [0.25, 0.3) is 0 Å². The van der Waals surface area contributed by atoms with Crippen LogP contribution in [0.15, 0.2) is 31.4 Å². The molecule has 2 amide bonds. The normalized spacial score (nSPS) is 12.8. The molecule has 100 heavy (non-hydrogen) atoms. The van der Waals surface area contributed by atoms with Gasteiger partial charge in [-0.05, 0) is 156 Å². The summed E-state index contributed by atoms with van der Waals surface area (Å²) in [7, 11) is 0. The van der Waals surface area contributed by atoms with Gasteiger partial charge >= 0.3 is 0 Å². The molecule has 8 heterocycles. The van der Waals surface area contributed by atoms with Gasteiger partial charge in [-0.25, -0.2) is 19.9 Å². The van der Waals surface area contributed by atoms with E-state index in [4.69, 9.17) is 8.83 Å². The number of nitrogens with zero attached hydrogens (tertiary/aromatic N) is 6. The highest BCUT2D eigenvalue weighted by molar-refractivity contribution is 7.12. The summed E-state index contributed by atoms with van der Waals surface area (Å²) in [6.45, 7) is 90.0. The van der Waals surface area contributed by atoms with Gasteiger partial charge in [-0.15, -0.1) is 22.7 Å². The fourth-order valence-corrected chi connectivity index (χ4v) is 15.5. The number of hydrogen-bond donors (Lipinski definition) is 2. The maximum Gasteiger partial charge on any atom is 0.228 e. The van der Waals surface area contributed by atoms with Crippen LogP contribution >= 0.6 is 45.7 Å². The van der Waals surface area contributed by atoms with E-state index in [2.05, 4.69) is 289 Å². The van der Waals surface area contributed by atoms with Gasteiger partial charge in [0.1, 0.15) is 11.5 Å².